The van der Waals surface area contributed by atoms with Crippen LogP contribution in [0.25, 0.3) is 22.0 Å². The monoisotopic (exact) mass is 439 g/mol. The Bertz CT molecular complexity index is 1280. The van der Waals surface area contributed by atoms with Crippen molar-refractivity contribution >= 4 is 16.8 Å². The van der Waals surface area contributed by atoms with E-state index < -0.39 is 0 Å². The fraction of sp³-hybridized carbons (Fsp3) is 0.286. The fourth-order valence-electron chi connectivity index (χ4n) is 4.99. The maximum Gasteiger partial charge on any atom is 0.254 e. The predicted molar refractivity (Wildman–Crippen MR) is 132 cm³/mol. The van der Waals surface area contributed by atoms with Gasteiger partial charge in [-0.3, -0.25) is 9.89 Å². The molecule has 1 atom stereocenters. The van der Waals surface area contributed by atoms with Crippen molar-refractivity contribution in [3.63, 3.8) is 0 Å². The number of nitrogens with zero attached hydrogens (tertiary/aromatic N) is 2. The van der Waals surface area contributed by atoms with Gasteiger partial charge in [0.1, 0.15) is 5.75 Å². The second-order valence-electron chi connectivity index (χ2n) is 8.96. The Labute approximate surface area is 194 Å². The first-order valence-corrected chi connectivity index (χ1v) is 11.6. The smallest absolute Gasteiger partial charge is 0.254 e. The number of ether oxygens (including phenoxy) is 1. The van der Waals surface area contributed by atoms with E-state index in [9.17, 15) is 4.79 Å². The Hall–Kier alpha value is -3.60. The van der Waals surface area contributed by atoms with Gasteiger partial charge in [0.15, 0.2) is 0 Å². The molecule has 4 aromatic rings. The minimum absolute atomic E-state index is 0.137. The minimum atomic E-state index is 0.137. The number of carbonyl (C=O) groups excluding carboxylic acids is 1. The molecule has 1 aromatic heterocycles. The van der Waals surface area contributed by atoms with E-state index in [1.54, 1.807) is 7.11 Å². The van der Waals surface area contributed by atoms with Gasteiger partial charge in [-0.1, -0.05) is 30.3 Å². The molecular weight excluding hydrogens is 410 g/mol. The lowest BCUT2D eigenvalue weighted by Crippen LogP contribution is -2.40. The molecule has 5 heteroatoms. The Kier molecular flexibility index (Phi) is 5.86. The van der Waals surface area contributed by atoms with Crippen molar-refractivity contribution in [3.05, 3.63) is 83.6 Å². The van der Waals surface area contributed by atoms with Crippen LogP contribution in [0.1, 0.15) is 34.3 Å². The van der Waals surface area contributed by atoms with Crippen LogP contribution in [0.3, 0.4) is 0 Å². The number of hydrogen-bond acceptors (Lipinski definition) is 3. The first kappa shape index (κ1) is 21.3. The SMILES string of the molecule is COc1ccc(-c2cccc(C(=O)N3CCC[C@H](Cc4ccc5[nH]ncc5c4)C3)c2C)cc1. The number of methoxy groups -OCH3 is 1. The average molecular weight is 440 g/mol. The molecule has 33 heavy (non-hydrogen) atoms. The first-order valence-electron chi connectivity index (χ1n) is 11.6. The van der Waals surface area contributed by atoms with Crippen molar-refractivity contribution in [1.82, 2.24) is 15.1 Å². The zero-order chi connectivity index (χ0) is 22.8. The second-order valence-corrected chi connectivity index (χ2v) is 8.96. The summed E-state index contributed by atoms with van der Waals surface area (Å²) in [4.78, 5) is 15.6. The molecule has 0 bridgehead atoms. The molecule has 0 spiro atoms. The molecule has 0 aliphatic carbocycles. The summed E-state index contributed by atoms with van der Waals surface area (Å²) in [6.07, 6.45) is 5.05. The number of likely N-dealkylation sites (tertiary alicyclic amines) is 1. The molecule has 2 heterocycles. The van der Waals surface area contributed by atoms with Crippen LogP contribution >= 0.6 is 0 Å². The summed E-state index contributed by atoms with van der Waals surface area (Å²) in [6.45, 7) is 3.67. The lowest BCUT2D eigenvalue weighted by molar-refractivity contribution is 0.0672. The van der Waals surface area contributed by atoms with E-state index in [4.69, 9.17) is 4.74 Å². The van der Waals surface area contributed by atoms with Gasteiger partial charge in [-0.25, -0.2) is 0 Å². The zero-order valence-electron chi connectivity index (χ0n) is 19.2. The number of rotatable bonds is 5. The van der Waals surface area contributed by atoms with E-state index in [1.807, 2.05) is 54.4 Å². The van der Waals surface area contributed by atoms with Crippen molar-refractivity contribution in [2.24, 2.45) is 5.92 Å². The highest BCUT2D eigenvalue weighted by Crippen LogP contribution is 2.29. The van der Waals surface area contributed by atoms with Gasteiger partial charge in [0.25, 0.3) is 5.91 Å². The number of carbonyl (C=O) groups is 1. The molecule has 1 amide bonds. The molecule has 1 saturated heterocycles. The first-order chi connectivity index (χ1) is 16.1. The van der Waals surface area contributed by atoms with Gasteiger partial charge in [-0.15, -0.1) is 0 Å². The van der Waals surface area contributed by atoms with Crippen LogP contribution in [0.2, 0.25) is 0 Å². The zero-order valence-corrected chi connectivity index (χ0v) is 19.2. The number of piperidine rings is 1. The van der Waals surface area contributed by atoms with Crippen molar-refractivity contribution in [1.29, 1.82) is 0 Å². The van der Waals surface area contributed by atoms with Gasteiger partial charge < -0.3 is 9.64 Å². The van der Waals surface area contributed by atoms with Crippen LogP contribution in [-0.2, 0) is 6.42 Å². The Morgan fingerprint density at radius 3 is 2.82 bits per heavy atom. The van der Waals surface area contributed by atoms with Gasteiger partial charge in [0, 0.05) is 24.0 Å². The van der Waals surface area contributed by atoms with Gasteiger partial charge in [0.2, 0.25) is 0 Å². The summed E-state index contributed by atoms with van der Waals surface area (Å²) in [5.74, 6) is 1.44. The number of aromatic amines is 1. The second kappa shape index (κ2) is 9.10. The Morgan fingerprint density at radius 2 is 2.00 bits per heavy atom. The highest BCUT2D eigenvalue weighted by atomic mass is 16.5. The summed E-state index contributed by atoms with van der Waals surface area (Å²) >= 11 is 0. The maximum absolute atomic E-state index is 13.5. The minimum Gasteiger partial charge on any atom is -0.497 e. The lowest BCUT2D eigenvalue weighted by Gasteiger charge is -2.33. The molecule has 1 fully saturated rings. The topological polar surface area (TPSA) is 58.2 Å². The van der Waals surface area contributed by atoms with Crippen molar-refractivity contribution in [2.75, 3.05) is 20.2 Å². The molecule has 168 valence electrons. The number of aromatic nitrogens is 2. The van der Waals surface area contributed by atoms with Crippen molar-refractivity contribution in [2.45, 2.75) is 26.2 Å². The van der Waals surface area contributed by atoms with Crippen LogP contribution in [0, 0.1) is 12.8 Å². The van der Waals surface area contributed by atoms with Crippen LogP contribution in [0.4, 0.5) is 0 Å². The largest absolute Gasteiger partial charge is 0.497 e. The number of amides is 1. The van der Waals surface area contributed by atoms with E-state index in [0.29, 0.717) is 5.92 Å². The predicted octanol–water partition coefficient (Wildman–Crippen LogP) is 5.64. The fourth-order valence-corrected chi connectivity index (χ4v) is 4.99. The van der Waals surface area contributed by atoms with Crippen LogP contribution in [0.5, 0.6) is 5.75 Å². The number of nitrogens with one attached hydrogen (secondary N) is 1. The van der Waals surface area contributed by atoms with Crippen LogP contribution in [0.15, 0.2) is 66.9 Å². The van der Waals surface area contributed by atoms with Crippen molar-refractivity contribution < 1.29 is 9.53 Å². The standard InChI is InChI=1S/C28H29N3O2/c1-19-25(22-9-11-24(33-2)12-10-22)6-3-7-26(19)28(32)31-14-4-5-21(18-31)15-20-8-13-27-23(16-20)17-29-30-27/h3,6-13,16-17,21H,4-5,14-15,18H2,1-2H3,(H,29,30)/t21-/m1/s1. The van der Waals surface area contributed by atoms with Gasteiger partial charge in [0.05, 0.1) is 18.8 Å². The third-order valence-corrected chi connectivity index (χ3v) is 6.80. The third-order valence-electron chi connectivity index (χ3n) is 6.80. The number of fused-ring (bicyclic) bond motifs is 1. The van der Waals surface area contributed by atoms with Crippen LogP contribution in [-0.4, -0.2) is 41.2 Å². The molecule has 5 rings (SSSR count). The highest BCUT2D eigenvalue weighted by molar-refractivity contribution is 5.97. The number of H-pyrrole nitrogens is 1. The van der Waals surface area contributed by atoms with Gasteiger partial charge in [-0.2, -0.15) is 5.10 Å². The van der Waals surface area contributed by atoms with E-state index >= 15 is 0 Å². The molecule has 1 aliphatic heterocycles. The quantitative estimate of drug-likeness (QED) is 0.438. The molecule has 0 saturated carbocycles. The molecule has 0 radical (unpaired) electrons. The summed E-state index contributed by atoms with van der Waals surface area (Å²) in [5.41, 5.74) is 6.37. The average Bonchev–Trinajstić information content (AvgIpc) is 3.32. The Balaban J connectivity index is 1.33. The number of hydrogen-bond donors (Lipinski definition) is 1. The normalized spacial score (nSPS) is 16.2. The van der Waals surface area contributed by atoms with Crippen molar-refractivity contribution in [3.8, 4) is 16.9 Å². The summed E-state index contributed by atoms with van der Waals surface area (Å²) in [5, 5.41) is 8.27. The number of benzene rings is 3. The van der Waals surface area contributed by atoms with E-state index in [1.165, 1.54) is 5.56 Å². The highest BCUT2D eigenvalue weighted by Gasteiger charge is 2.26. The third kappa shape index (κ3) is 4.36. The summed E-state index contributed by atoms with van der Waals surface area (Å²) < 4.78 is 5.28. The molecule has 5 nitrogen and oxygen atoms in total. The molecule has 0 unspecified atom stereocenters. The van der Waals surface area contributed by atoms with Gasteiger partial charge >= 0.3 is 0 Å². The summed E-state index contributed by atoms with van der Waals surface area (Å²) in [7, 11) is 1.67. The van der Waals surface area contributed by atoms with E-state index in [-0.39, 0.29) is 5.91 Å². The lowest BCUT2D eigenvalue weighted by atomic mass is 9.90. The molecule has 3 aromatic carbocycles. The maximum atomic E-state index is 13.5. The van der Waals surface area contributed by atoms with E-state index in [2.05, 4.69) is 34.5 Å². The Morgan fingerprint density at radius 1 is 1.15 bits per heavy atom. The van der Waals surface area contributed by atoms with E-state index in [0.717, 1.165) is 71.3 Å². The van der Waals surface area contributed by atoms with Crippen LogP contribution < -0.4 is 4.74 Å². The molecule has 1 N–H and O–H groups in total. The molecule has 1 aliphatic rings. The van der Waals surface area contributed by atoms with Gasteiger partial charge in [-0.05, 0) is 84.7 Å². The summed E-state index contributed by atoms with van der Waals surface area (Å²) in [6, 6.07) is 20.5. The molecular formula is C28H29N3O2.